The third-order valence-electron chi connectivity index (χ3n) is 3.21. The largest absolute Gasteiger partial charge is 0.418 e. The van der Waals surface area contributed by atoms with E-state index >= 15 is 0 Å². The molecule has 8 heteroatoms. The second-order valence-electron chi connectivity index (χ2n) is 5.09. The molecule has 0 saturated heterocycles. The van der Waals surface area contributed by atoms with Crippen LogP contribution < -0.4 is 10.6 Å². The molecule has 2 aromatic carbocycles. The minimum Gasteiger partial charge on any atom is -0.318 e. The maximum atomic E-state index is 12.9. The van der Waals surface area contributed by atoms with Crippen molar-refractivity contribution in [2.24, 2.45) is 0 Å². The Bertz CT molecular complexity index is 832. The molecule has 130 valence electrons. The highest BCUT2D eigenvalue weighted by molar-refractivity contribution is 6.43. The molecule has 2 rings (SSSR count). The zero-order valence-corrected chi connectivity index (χ0v) is 13.0. The van der Waals surface area contributed by atoms with Crippen LogP contribution in [0.1, 0.15) is 22.8 Å². The first kappa shape index (κ1) is 18.2. The highest BCUT2D eigenvalue weighted by atomic mass is 19.4. The van der Waals surface area contributed by atoms with Gasteiger partial charge in [0.25, 0.3) is 0 Å². The minimum absolute atomic E-state index is 0.178. The normalized spacial score (nSPS) is 10.9. The molecule has 25 heavy (non-hydrogen) atoms. The standard InChI is InChI=1S/C17H13F3N2O3/c1-10(23)11-5-4-6-12(9-11)21-15(24)16(25)22-14-8-3-2-7-13(14)17(18,19)20/h2-9H,1H3,(H,21,24)(H,22,25). The molecule has 0 saturated carbocycles. The average Bonchev–Trinajstić information content (AvgIpc) is 2.54. The smallest absolute Gasteiger partial charge is 0.318 e. The summed E-state index contributed by atoms with van der Waals surface area (Å²) < 4.78 is 38.6. The number of amides is 2. The number of anilines is 2. The van der Waals surface area contributed by atoms with E-state index in [0.717, 1.165) is 12.1 Å². The summed E-state index contributed by atoms with van der Waals surface area (Å²) in [5.74, 6) is -2.65. The molecule has 0 radical (unpaired) electrons. The topological polar surface area (TPSA) is 75.3 Å². The van der Waals surface area contributed by atoms with E-state index in [1.54, 1.807) is 0 Å². The predicted molar refractivity (Wildman–Crippen MR) is 85.1 cm³/mol. The number of alkyl halides is 3. The van der Waals surface area contributed by atoms with Crippen molar-refractivity contribution in [2.75, 3.05) is 10.6 Å². The first-order valence-corrected chi connectivity index (χ1v) is 7.08. The van der Waals surface area contributed by atoms with E-state index in [2.05, 4.69) is 5.32 Å². The third-order valence-corrected chi connectivity index (χ3v) is 3.21. The zero-order valence-electron chi connectivity index (χ0n) is 13.0. The van der Waals surface area contributed by atoms with Gasteiger partial charge >= 0.3 is 18.0 Å². The molecule has 0 spiro atoms. The van der Waals surface area contributed by atoms with Crippen molar-refractivity contribution in [1.29, 1.82) is 0 Å². The van der Waals surface area contributed by atoms with E-state index in [1.165, 1.54) is 43.3 Å². The van der Waals surface area contributed by atoms with Crippen molar-refractivity contribution in [3.8, 4) is 0 Å². The number of ketones is 1. The summed E-state index contributed by atoms with van der Waals surface area (Å²) in [7, 11) is 0. The van der Waals surface area contributed by atoms with Crippen molar-refractivity contribution in [3.05, 3.63) is 59.7 Å². The maximum absolute atomic E-state index is 12.9. The number of rotatable bonds is 3. The zero-order chi connectivity index (χ0) is 18.6. The molecule has 0 heterocycles. The SMILES string of the molecule is CC(=O)c1cccc(NC(=O)C(=O)Nc2ccccc2C(F)(F)F)c1. The van der Waals surface area contributed by atoms with Crippen LogP contribution in [0.4, 0.5) is 24.5 Å². The Morgan fingerprint density at radius 3 is 2.16 bits per heavy atom. The van der Waals surface area contributed by atoms with Crippen LogP contribution in [-0.4, -0.2) is 17.6 Å². The number of benzene rings is 2. The van der Waals surface area contributed by atoms with Gasteiger partial charge in [0.1, 0.15) is 0 Å². The summed E-state index contributed by atoms with van der Waals surface area (Å²) >= 11 is 0. The Hall–Kier alpha value is -3.16. The van der Waals surface area contributed by atoms with E-state index in [9.17, 15) is 27.6 Å². The molecule has 0 fully saturated rings. The lowest BCUT2D eigenvalue weighted by molar-refractivity contribution is -0.137. The molecule has 2 aromatic rings. The summed E-state index contributed by atoms with van der Waals surface area (Å²) in [6.45, 7) is 1.34. The van der Waals surface area contributed by atoms with Gasteiger partial charge in [-0.3, -0.25) is 14.4 Å². The summed E-state index contributed by atoms with van der Waals surface area (Å²) in [4.78, 5) is 35.0. The first-order chi connectivity index (χ1) is 11.7. The van der Waals surface area contributed by atoms with Crippen molar-refractivity contribution in [1.82, 2.24) is 0 Å². The molecule has 0 aromatic heterocycles. The van der Waals surface area contributed by atoms with Crippen LogP contribution in [0.25, 0.3) is 0 Å². The maximum Gasteiger partial charge on any atom is 0.418 e. The molecule has 2 amide bonds. The van der Waals surface area contributed by atoms with Crippen molar-refractivity contribution in [3.63, 3.8) is 0 Å². The molecule has 0 unspecified atom stereocenters. The van der Waals surface area contributed by atoms with Crippen LogP contribution >= 0.6 is 0 Å². The minimum atomic E-state index is -4.67. The van der Waals surface area contributed by atoms with Gasteiger partial charge in [-0.15, -0.1) is 0 Å². The van der Waals surface area contributed by atoms with Gasteiger partial charge in [-0.25, -0.2) is 0 Å². The summed E-state index contributed by atoms with van der Waals surface area (Å²) in [5, 5.41) is 4.17. The van der Waals surface area contributed by atoms with Gasteiger partial charge in [-0.1, -0.05) is 24.3 Å². The van der Waals surface area contributed by atoms with Crippen molar-refractivity contribution >= 4 is 29.0 Å². The molecule has 0 aliphatic carbocycles. The van der Waals surface area contributed by atoms with Crippen LogP contribution in [-0.2, 0) is 15.8 Å². The second-order valence-corrected chi connectivity index (χ2v) is 5.09. The number of Topliss-reactive ketones (excluding diaryl/α,β-unsaturated/α-hetero) is 1. The lowest BCUT2D eigenvalue weighted by Crippen LogP contribution is -2.30. The molecular weight excluding hydrogens is 337 g/mol. The fourth-order valence-electron chi connectivity index (χ4n) is 2.02. The van der Waals surface area contributed by atoms with Gasteiger partial charge in [0.15, 0.2) is 5.78 Å². The molecule has 2 N–H and O–H groups in total. The number of hydrogen-bond acceptors (Lipinski definition) is 3. The Kier molecular flexibility index (Phi) is 5.21. The Balaban J connectivity index is 2.13. The Labute approximate surface area is 140 Å². The van der Waals surface area contributed by atoms with Crippen LogP contribution in [0.5, 0.6) is 0 Å². The van der Waals surface area contributed by atoms with Gasteiger partial charge in [0.2, 0.25) is 0 Å². The van der Waals surface area contributed by atoms with Crippen LogP contribution in [0.15, 0.2) is 48.5 Å². The summed E-state index contributed by atoms with van der Waals surface area (Å²) in [6, 6.07) is 10.2. The predicted octanol–water partition coefficient (Wildman–Crippen LogP) is 3.49. The number of carbonyl (C=O) groups is 3. The van der Waals surface area contributed by atoms with Crippen LogP contribution in [0.3, 0.4) is 0 Å². The van der Waals surface area contributed by atoms with Gasteiger partial charge in [-0.05, 0) is 31.2 Å². The van der Waals surface area contributed by atoms with Gasteiger partial charge in [0.05, 0.1) is 11.3 Å². The molecular formula is C17H13F3N2O3. The molecule has 0 aliphatic heterocycles. The molecule has 0 atom stereocenters. The van der Waals surface area contributed by atoms with E-state index in [4.69, 9.17) is 0 Å². The van der Waals surface area contributed by atoms with E-state index < -0.39 is 29.2 Å². The third kappa shape index (κ3) is 4.66. The molecule has 0 aliphatic rings. The average molecular weight is 350 g/mol. The van der Waals surface area contributed by atoms with Gasteiger partial charge < -0.3 is 10.6 Å². The van der Waals surface area contributed by atoms with Crippen LogP contribution in [0.2, 0.25) is 0 Å². The molecule has 5 nitrogen and oxygen atoms in total. The quantitative estimate of drug-likeness (QED) is 0.657. The summed E-state index contributed by atoms with van der Waals surface area (Å²) in [5.41, 5.74) is -1.08. The van der Waals surface area contributed by atoms with E-state index in [-0.39, 0.29) is 11.5 Å². The Morgan fingerprint density at radius 2 is 1.52 bits per heavy atom. The number of nitrogens with one attached hydrogen (secondary N) is 2. The number of carbonyl (C=O) groups excluding carboxylic acids is 3. The molecule has 0 bridgehead atoms. The number of para-hydroxylation sites is 1. The Morgan fingerprint density at radius 1 is 0.880 bits per heavy atom. The highest BCUT2D eigenvalue weighted by Gasteiger charge is 2.34. The fourth-order valence-corrected chi connectivity index (χ4v) is 2.02. The van der Waals surface area contributed by atoms with E-state index in [0.29, 0.717) is 5.56 Å². The van der Waals surface area contributed by atoms with Crippen molar-refractivity contribution in [2.45, 2.75) is 13.1 Å². The number of halogens is 3. The monoisotopic (exact) mass is 350 g/mol. The second kappa shape index (κ2) is 7.16. The van der Waals surface area contributed by atoms with Crippen LogP contribution in [0, 0.1) is 0 Å². The van der Waals surface area contributed by atoms with E-state index in [1.807, 2.05) is 5.32 Å². The number of hydrogen-bond donors (Lipinski definition) is 2. The lowest BCUT2D eigenvalue weighted by atomic mass is 10.1. The fraction of sp³-hybridized carbons (Fsp3) is 0.118. The lowest BCUT2D eigenvalue weighted by Gasteiger charge is -2.13. The summed E-state index contributed by atoms with van der Waals surface area (Å²) in [6.07, 6.45) is -4.67. The van der Waals surface area contributed by atoms with Gasteiger partial charge in [-0.2, -0.15) is 13.2 Å². The first-order valence-electron chi connectivity index (χ1n) is 7.08. The highest BCUT2D eigenvalue weighted by Crippen LogP contribution is 2.34. The van der Waals surface area contributed by atoms with Crippen molar-refractivity contribution < 1.29 is 27.6 Å². The van der Waals surface area contributed by atoms with Gasteiger partial charge in [0, 0.05) is 11.3 Å².